The summed E-state index contributed by atoms with van der Waals surface area (Å²) in [5.41, 5.74) is -1.27. The third kappa shape index (κ3) is 7.03. The number of ether oxygens (including phenoxy) is 2. The van der Waals surface area contributed by atoms with E-state index in [9.17, 15) is 31.8 Å². The van der Waals surface area contributed by atoms with Crippen molar-refractivity contribution < 1.29 is 41.2 Å². The maximum Gasteiger partial charge on any atom is 0.418 e. The van der Waals surface area contributed by atoms with Crippen LogP contribution < -0.4 is 25.0 Å². The number of hydrogen-bond donors (Lipinski definition) is 2. The quantitative estimate of drug-likeness (QED) is 0.493. The van der Waals surface area contributed by atoms with E-state index in [1.165, 1.54) is 18.2 Å². The normalized spacial score (nSPS) is 15.7. The molecule has 4 rings (SSSR count). The van der Waals surface area contributed by atoms with Crippen LogP contribution in [0.15, 0.2) is 42.5 Å². The number of amides is 3. The number of carbonyl (C=O) groups is 3. The van der Waals surface area contributed by atoms with Gasteiger partial charge in [-0.05, 0) is 37.1 Å². The highest BCUT2D eigenvalue weighted by Crippen LogP contribution is 2.37. The molecule has 0 radical (unpaired) electrons. The molecule has 1 fully saturated rings. The minimum Gasteiger partial charge on any atom is -0.454 e. The van der Waals surface area contributed by atoms with E-state index in [4.69, 9.17) is 9.47 Å². The molecule has 1 aliphatic carbocycles. The number of fused-ring (bicyclic) bond motifs is 1. The van der Waals surface area contributed by atoms with Crippen LogP contribution in [0.4, 0.5) is 24.5 Å². The predicted octanol–water partition coefficient (Wildman–Crippen LogP) is 3.21. The number of nitrogens with one attached hydrogen (secondary N) is 2. The van der Waals surface area contributed by atoms with Crippen molar-refractivity contribution in [2.45, 2.75) is 37.9 Å². The first-order chi connectivity index (χ1) is 18.1. The van der Waals surface area contributed by atoms with Crippen LogP contribution in [-0.2, 0) is 31.4 Å². The molecule has 1 atom stereocenters. The maximum atomic E-state index is 13.7. The van der Waals surface area contributed by atoms with Crippen molar-refractivity contribution in [3.05, 3.63) is 48.0 Å². The summed E-state index contributed by atoms with van der Waals surface area (Å²) in [6.07, 6.45) is -1.43. The highest BCUT2D eigenvalue weighted by atomic mass is 32.2. The van der Waals surface area contributed by atoms with Gasteiger partial charge in [-0.2, -0.15) is 13.2 Å². The summed E-state index contributed by atoms with van der Waals surface area (Å²) in [6, 6.07) is 8.93. The fourth-order valence-corrected chi connectivity index (χ4v) is 5.23. The summed E-state index contributed by atoms with van der Waals surface area (Å²) in [4.78, 5) is 38.8. The SMILES string of the molecule is O=C(C[S@](=O)CC(=O)N(CC(=O)NC1CCCC1)c1ccccc1C(F)(F)F)Nc1ccc2c(c1)OCO2. The van der Waals surface area contributed by atoms with Crippen LogP contribution in [0.5, 0.6) is 11.5 Å². The van der Waals surface area contributed by atoms with Gasteiger partial charge in [-0.25, -0.2) is 0 Å². The van der Waals surface area contributed by atoms with E-state index in [-0.39, 0.29) is 12.8 Å². The van der Waals surface area contributed by atoms with E-state index >= 15 is 0 Å². The molecule has 2 aromatic rings. The van der Waals surface area contributed by atoms with Crippen LogP contribution in [-0.4, -0.2) is 52.8 Å². The first-order valence-corrected chi connectivity index (χ1v) is 13.4. The Morgan fingerprint density at radius 3 is 2.42 bits per heavy atom. The van der Waals surface area contributed by atoms with Gasteiger partial charge in [0, 0.05) is 28.6 Å². The molecule has 38 heavy (non-hydrogen) atoms. The van der Waals surface area contributed by atoms with Crippen molar-refractivity contribution in [1.29, 1.82) is 0 Å². The summed E-state index contributed by atoms with van der Waals surface area (Å²) < 4.78 is 64.2. The molecule has 0 bridgehead atoms. The Morgan fingerprint density at radius 1 is 0.974 bits per heavy atom. The van der Waals surface area contributed by atoms with Gasteiger partial charge in [0.2, 0.25) is 24.5 Å². The summed E-state index contributed by atoms with van der Waals surface area (Å²) in [5, 5.41) is 5.28. The first-order valence-electron chi connectivity index (χ1n) is 11.9. The van der Waals surface area contributed by atoms with E-state index in [1.807, 2.05) is 0 Å². The highest BCUT2D eigenvalue weighted by Gasteiger charge is 2.36. The zero-order valence-electron chi connectivity index (χ0n) is 20.2. The number of rotatable bonds is 9. The zero-order chi connectivity index (χ0) is 27.3. The predicted molar refractivity (Wildman–Crippen MR) is 133 cm³/mol. The Labute approximate surface area is 219 Å². The molecule has 0 saturated heterocycles. The molecule has 1 heterocycles. The Morgan fingerprint density at radius 2 is 1.68 bits per heavy atom. The monoisotopic (exact) mass is 553 g/mol. The zero-order valence-corrected chi connectivity index (χ0v) is 21.0. The second-order valence-corrected chi connectivity index (χ2v) is 10.3. The molecule has 0 spiro atoms. The summed E-state index contributed by atoms with van der Waals surface area (Å²) in [6.45, 7) is -0.630. The lowest BCUT2D eigenvalue weighted by Gasteiger charge is -2.26. The molecule has 1 aliphatic heterocycles. The van der Waals surface area contributed by atoms with Gasteiger partial charge in [-0.3, -0.25) is 18.6 Å². The maximum absolute atomic E-state index is 13.7. The average Bonchev–Trinajstić information content (AvgIpc) is 3.53. The third-order valence-electron chi connectivity index (χ3n) is 6.06. The molecule has 3 amide bonds. The van der Waals surface area contributed by atoms with Gasteiger partial charge in [0.25, 0.3) is 0 Å². The molecule has 204 valence electrons. The Balaban J connectivity index is 1.44. The number of para-hydroxylation sites is 1. The van der Waals surface area contributed by atoms with Gasteiger partial charge < -0.3 is 25.0 Å². The molecule has 0 unspecified atom stereocenters. The highest BCUT2D eigenvalue weighted by molar-refractivity contribution is 7.86. The van der Waals surface area contributed by atoms with Gasteiger partial charge >= 0.3 is 6.18 Å². The third-order valence-corrected chi connectivity index (χ3v) is 7.21. The minimum atomic E-state index is -4.79. The van der Waals surface area contributed by atoms with Gasteiger partial charge in [-0.15, -0.1) is 0 Å². The molecule has 2 aromatic carbocycles. The van der Waals surface area contributed by atoms with E-state index in [2.05, 4.69) is 10.6 Å². The number of benzene rings is 2. The smallest absolute Gasteiger partial charge is 0.418 e. The molecule has 2 aliphatic rings. The molecule has 2 N–H and O–H groups in total. The van der Waals surface area contributed by atoms with Crippen LogP contribution in [0, 0.1) is 0 Å². The van der Waals surface area contributed by atoms with E-state index < -0.39 is 64.0 Å². The second-order valence-electron chi connectivity index (χ2n) is 8.89. The Bertz CT molecular complexity index is 1230. The van der Waals surface area contributed by atoms with Crippen molar-refractivity contribution in [2.24, 2.45) is 0 Å². The Kier molecular flexibility index (Phi) is 8.55. The lowest BCUT2D eigenvalue weighted by molar-refractivity contribution is -0.137. The van der Waals surface area contributed by atoms with Crippen molar-refractivity contribution in [2.75, 3.05) is 35.1 Å². The van der Waals surface area contributed by atoms with Gasteiger partial charge in [0.05, 0.1) is 11.3 Å². The van der Waals surface area contributed by atoms with E-state index in [0.717, 1.165) is 37.8 Å². The molecular weight excluding hydrogens is 527 g/mol. The standard InChI is InChI=1S/C25H26F3N3O6S/c26-25(27,28)18-7-3-4-8-19(18)31(12-22(32)29-16-5-1-2-6-16)24(34)14-38(35)13-23(33)30-17-9-10-20-21(11-17)37-15-36-20/h3-4,7-11,16H,1-2,5-6,12-15H2,(H,29,32)(H,30,33)/t38-/m0/s1. The molecule has 1 saturated carbocycles. The second kappa shape index (κ2) is 11.8. The van der Waals surface area contributed by atoms with Crippen LogP contribution in [0.2, 0.25) is 0 Å². The summed E-state index contributed by atoms with van der Waals surface area (Å²) in [5.74, 6) is -2.66. The van der Waals surface area contributed by atoms with Crippen LogP contribution in [0.3, 0.4) is 0 Å². The van der Waals surface area contributed by atoms with Crippen LogP contribution >= 0.6 is 0 Å². The Hall–Kier alpha value is -3.61. The molecular formula is C25H26F3N3O6S. The average molecular weight is 554 g/mol. The summed E-state index contributed by atoms with van der Waals surface area (Å²) in [7, 11) is -2.07. The lowest BCUT2D eigenvalue weighted by atomic mass is 10.1. The van der Waals surface area contributed by atoms with Crippen LogP contribution in [0.1, 0.15) is 31.2 Å². The van der Waals surface area contributed by atoms with E-state index in [0.29, 0.717) is 22.1 Å². The topological polar surface area (TPSA) is 114 Å². The largest absolute Gasteiger partial charge is 0.454 e. The number of hydrogen-bond acceptors (Lipinski definition) is 6. The van der Waals surface area contributed by atoms with Crippen molar-refractivity contribution in [3.8, 4) is 11.5 Å². The fraction of sp³-hybridized carbons (Fsp3) is 0.400. The van der Waals surface area contributed by atoms with Crippen molar-refractivity contribution in [1.82, 2.24) is 5.32 Å². The lowest BCUT2D eigenvalue weighted by Crippen LogP contribution is -2.46. The van der Waals surface area contributed by atoms with Crippen molar-refractivity contribution in [3.63, 3.8) is 0 Å². The fourth-order valence-electron chi connectivity index (χ4n) is 4.33. The van der Waals surface area contributed by atoms with Gasteiger partial charge in [-0.1, -0.05) is 25.0 Å². The summed E-state index contributed by atoms with van der Waals surface area (Å²) >= 11 is 0. The molecule has 9 nitrogen and oxygen atoms in total. The number of alkyl halides is 3. The minimum absolute atomic E-state index is 0.0471. The first kappa shape index (κ1) is 27.4. The van der Waals surface area contributed by atoms with E-state index in [1.54, 1.807) is 12.1 Å². The molecule has 0 aromatic heterocycles. The van der Waals surface area contributed by atoms with Crippen LogP contribution in [0.25, 0.3) is 0 Å². The number of halogens is 3. The number of nitrogens with zero attached hydrogens (tertiary/aromatic N) is 1. The number of anilines is 2. The van der Waals surface area contributed by atoms with Crippen molar-refractivity contribution >= 4 is 39.9 Å². The van der Waals surface area contributed by atoms with Gasteiger partial charge in [0.1, 0.15) is 18.1 Å². The molecule has 13 heteroatoms. The number of carbonyl (C=O) groups excluding carboxylic acids is 3. The van der Waals surface area contributed by atoms with Gasteiger partial charge in [0.15, 0.2) is 11.5 Å².